The molecule has 0 radical (unpaired) electrons. The Bertz CT molecular complexity index is 862. The Hall–Kier alpha value is -2.42. The molecule has 24 heavy (non-hydrogen) atoms. The second kappa shape index (κ2) is 6.23. The van der Waals surface area contributed by atoms with E-state index in [1.165, 1.54) is 47.4 Å². The quantitative estimate of drug-likeness (QED) is 0.595. The van der Waals surface area contributed by atoms with Crippen molar-refractivity contribution in [1.29, 1.82) is 0 Å². The second-order valence-corrected chi connectivity index (χ2v) is 5.54. The minimum absolute atomic E-state index is 0.289. The van der Waals surface area contributed by atoms with Gasteiger partial charge < -0.3 is 4.74 Å². The van der Waals surface area contributed by atoms with E-state index in [9.17, 15) is 17.6 Å². The van der Waals surface area contributed by atoms with Gasteiger partial charge in [0, 0.05) is 5.56 Å². The van der Waals surface area contributed by atoms with Gasteiger partial charge in [0.05, 0.1) is 10.2 Å². The Morgan fingerprint density at radius 3 is 2.38 bits per heavy atom. The number of rotatable bonds is 3. The van der Waals surface area contributed by atoms with Gasteiger partial charge in [-0.1, -0.05) is 0 Å². The second-order valence-electron chi connectivity index (χ2n) is 4.68. The predicted molar refractivity (Wildman–Crippen MR) is 81.1 cm³/mol. The van der Waals surface area contributed by atoms with Crippen LogP contribution in [0.2, 0.25) is 0 Å². The first kappa shape index (κ1) is 16.4. The lowest BCUT2D eigenvalue weighted by atomic mass is 10.2. The molecule has 124 valence electrons. The van der Waals surface area contributed by atoms with Crippen LogP contribution in [-0.2, 0) is 0 Å². The van der Waals surface area contributed by atoms with Gasteiger partial charge in [-0.15, -0.1) is 18.3 Å². The molecule has 1 heterocycles. The van der Waals surface area contributed by atoms with Crippen LogP contribution in [0.3, 0.4) is 0 Å². The van der Waals surface area contributed by atoms with Crippen LogP contribution >= 0.6 is 15.9 Å². The van der Waals surface area contributed by atoms with Crippen LogP contribution in [-0.4, -0.2) is 21.1 Å². The van der Waals surface area contributed by atoms with Gasteiger partial charge in [-0.3, -0.25) is 0 Å². The molecule has 0 fully saturated rings. The number of hydrogen-bond donors (Lipinski definition) is 0. The van der Waals surface area contributed by atoms with Crippen molar-refractivity contribution < 1.29 is 22.3 Å². The zero-order chi connectivity index (χ0) is 17.3. The maximum absolute atomic E-state index is 13.6. The Balaban J connectivity index is 1.84. The summed E-state index contributed by atoms with van der Waals surface area (Å²) in [4.78, 5) is 4.07. The van der Waals surface area contributed by atoms with Crippen molar-refractivity contribution in [2.75, 3.05) is 0 Å². The lowest BCUT2D eigenvalue weighted by Crippen LogP contribution is -2.17. The molecule has 0 spiro atoms. The molecule has 0 bridgehead atoms. The highest BCUT2D eigenvalue weighted by Crippen LogP contribution is 2.25. The molecule has 0 saturated carbocycles. The summed E-state index contributed by atoms with van der Waals surface area (Å²) in [6.45, 7) is 0. The molecule has 0 atom stereocenters. The van der Waals surface area contributed by atoms with Crippen LogP contribution in [0.15, 0.2) is 53.3 Å². The van der Waals surface area contributed by atoms with Crippen LogP contribution < -0.4 is 4.74 Å². The van der Waals surface area contributed by atoms with Crippen molar-refractivity contribution in [1.82, 2.24) is 14.8 Å². The van der Waals surface area contributed by atoms with Gasteiger partial charge in [0.2, 0.25) is 0 Å². The highest BCUT2D eigenvalue weighted by Gasteiger charge is 2.30. The normalized spacial score (nSPS) is 11.5. The van der Waals surface area contributed by atoms with E-state index in [2.05, 4.69) is 30.7 Å². The molecule has 1 aromatic heterocycles. The van der Waals surface area contributed by atoms with E-state index in [1.54, 1.807) is 6.07 Å². The average molecular weight is 402 g/mol. The fourth-order valence-electron chi connectivity index (χ4n) is 1.96. The number of alkyl halides is 3. The highest BCUT2D eigenvalue weighted by atomic mass is 79.9. The molecular weight excluding hydrogens is 394 g/mol. The summed E-state index contributed by atoms with van der Waals surface area (Å²) < 4.78 is 55.5. The molecule has 2 aromatic carbocycles. The molecular formula is C15H8BrF4N3O. The third kappa shape index (κ3) is 3.73. The number of ether oxygens (including phenoxy) is 1. The molecule has 0 unspecified atom stereocenters. The first-order valence-electron chi connectivity index (χ1n) is 6.55. The molecule has 0 aliphatic carbocycles. The smallest absolute Gasteiger partial charge is 0.406 e. The third-order valence-electron chi connectivity index (χ3n) is 3.00. The van der Waals surface area contributed by atoms with Crippen molar-refractivity contribution in [3.63, 3.8) is 0 Å². The number of hydrogen-bond acceptors (Lipinski definition) is 3. The van der Waals surface area contributed by atoms with Gasteiger partial charge in [0.1, 0.15) is 17.9 Å². The molecule has 3 rings (SSSR count). The van der Waals surface area contributed by atoms with E-state index in [0.29, 0.717) is 15.7 Å². The SMILES string of the molecule is Fc1cc(-c2ncn(-c3ccc(OC(F)(F)F)cc3)n2)ccc1Br. The van der Waals surface area contributed by atoms with Gasteiger partial charge in [0.15, 0.2) is 5.82 Å². The summed E-state index contributed by atoms with van der Waals surface area (Å²) in [6.07, 6.45) is -3.36. The van der Waals surface area contributed by atoms with Gasteiger partial charge in [-0.25, -0.2) is 14.1 Å². The van der Waals surface area contributed by atoms with Crippen LogP contribution in [0, 0.1) is 5.82 Å². The molecule has 9 heteroatoms. The van der Waals surface area contributed by atoms with E-state index < -0.39 is 12.2 Å². The zero-order valence-electron chi connectivity index (χ0n) is 11.8. The number of halogens is 5. The van der Waals surface area contributed by atoms with Gasteiger partial charge in [0.25, 0.3) is 0 Å². The minimum Gasteiger partial charge on any atom is -0.406 e. The molecule has 3 aromatic rings. The van der Waals surface area contributed by atoms with Gasteiger partial charge >= 0.3 is 6.36 Å². The summed E-state index contributed by atoms with van der Waals surface area (Å²) in [5.41, 5.74) is 0.965. The third-order valence-corrected chi connectivity index (χ3v) is 3.65. The molecule has 4 nitrogen and oxygen atoms in total. The maximum atomic E-state index is 13.6. The first-order valence-corrected chi connectivity index (χ1v) is 7.34. The predicted octanol–water partition coefficient (Wildman–Crippen LogP) is 4.73. The largest absolute Gasteiger partial charge is 0.573 e. The van der Waals surface area contributed by atoms with Crippen molar-refractivity contribution in [3.8, 4) is 22.8 Å². The lowest BCUT2D eigenvalue weighted by Gasteiger charge is -2.09. The summed E-state index contributed by atoms with van der Waals surface area (Å²) in [5, 5.41) is 4.19. The molecule has 0 amide bonds. The highest BCUT2D eigenvalue weighted by molar-refractivity contribution is 9.10. The van der Waals surface area contributed by atoms with Crippen LogP contribution in [0.4, 0.5) is 17.6 Å². The molecule has 0 saturated heterocycles. The van der Waals surface area contributed by atoms with Crippen LogP contribution in [0.5, 0.6) is 5.75 Å². The Kier molecular flexibility index (Phi) is 4.27. The van der Waals surface area contributed by atoms with Crippen molar-refractivity contribution in [3.05, 3.63) is 59.1 Å². The monoisotopic (exact) mass is 401 g/mol. The van der Waals surface area contributed by atoms with Crippen molar-refractivity contribution >= 4 is 15.9 Å². The van der Waals surface area contributed by atoms with Crippen molar-refractivity contribution in [2.24, 2.45) is 0 Å². The van der Waals surface area contributed by atoms with Crippen LogP contribution in [0.25, 0.3) is 17.1 Å². The summed E-state index contributed by atoms with van der Waals surface area (Å²) in [5.74, 6) is -0.490. The van der Waals surface area contributed by atoms with E-state index in [0.717, 1.165) is 0 Å². The Labute approximate surface area is 141 Å². The molecule has 0 aliphatic heterocycles. The Morgan fingerprint density at radius 1 is 1.04 bits per heavy atom. The zero-order valence-corrected chi connectivity index (χ0v) is 13.3. The fourth-order valence-corrected chi connectivity index (χ4v) is 2.20. The number of benzene rings is 2. The van der Waals surface area contributed by atoms with Gasteiger partial charge in [-0.2, -0.15) is 0 Å². The topological polar surface area (TPSA) is 39.9 Å². The summed E-state index contributed by atoms with van der Waals surface area (Å²) in [6, 6.07) is 9.61. The first-order chi connectivity index (χ1) is 11.3. The van der Waals surface area contributed by atoms with E-state index in [4.69, 9.17) is 0 Å². The minimum atomic E-state index is -4.74. The standard InChI is InChI=1S/C15H8BrF4N3O/c16-12-6-1-9(7-13(12)17)14-21-8-23(22-14)10-2-4-11(5-3-10)24-15(18,19)20/h1-8H. The van der Waals surface area contributed by atoms with Crippen LogP contribution in [0.1, 0.15) is 0 Å². The lowest BCUT2D eigenvalue weighted by molar-refractivity contribution is -0.274. The molecule has 0 aliphatic rings. The summed E-state index contributed by atoms with van der Waals surface area (Å²) in [7, 11) is 0. The Morgan fingerprint density at radius 2 is 1.75 bits per heavy atom. The number of aromatic nitrogens is 3. The summed E-state index contributed by atoms with van der Waals surface area (Å²) >= 11 is 3.06. The average Bonchev–Trinajstić information content (AvgIpc) is 2.99. The fraction of sp³-hybridized carbons (Fsp3) is 0.0667. The van der Waals surface area contributed by atoms with E-state index >= 15 is 0 Å². The number of nitrogens with zero attached hydrogens (tertiary/aromatic N) is 3. The van der Waals surface area contributed by atoms with E-state index in [1.807, 2.05) is 0 Å². The molecule has 0 N–H and O–H groups in total. The van der Waals surface area contributed by atoms with Crippen molar-refractivity contribution in [2.45, 2.75) is 6.36 Å². The maximum Gasteiger partial charge on any atom is 0.573 e. The van der Waals surface area contributed by atoms with E-state index in [-0.39, 0.29) is 11.6 Å². The van der Waals surface area contributed by atoms with Gasteiger partial charge in [-0.05, 0) is 58.4 Å².